The first-order valence-electron chi connectivity index (χ1n) is 4.92. The second-order valence-electron chi connectivity index (χ2n) is 3.31. The molecule has 1 atom stereocenters. The lowest BCUT2D eigenvalue weighted by molar-refractivity contribution is 0.278. The molecule has 0 spiro atoms. The molecule has 14 heavy (non-hydrogen) atoms. The fraction of sp³-hybridized carbons (Fsp3) is 0.600. The van der Waals surface area contributed by atoms with Crippen molar-refractivity contribution in [2.75, 3.05) is 11.9 Å². The van der Waals surface area contributed by atoms with Gasteiger partial charge in [-0.2, -0.15) is 0 Å². The predicted molar refractivity (Wildman–Crippen MR) is 56.2 cm³/mol. The second kappa shape index (κ2) is 5.54. The van der Waals surface area contributed by atoms with Crippen molar-refractivity contribution in [3.8, 4) is 0 Å². The summed E-state index contributed by atoms with van der Waals surface area (Å²) in [6, 6.07) is 2.19. The zero-order valence-electron chi connectivity index (χ0n) is 8.70. The SMILES string of the molecule is CCC(CCO)Nc1cc(C)ncn1. The third-order valence-corrected chi connectivity index (χ3v) is 2.13. The maximum absolute atomic E-state index is 8.83. The van der Waals surface area contributed by atoms with Crippen LogP contribution < -0.4 is 5.32 Å². The zero-order chi connectivity index (χ0) is 10.4. The van der Waals surface area contributed by atoms with E-state index in [1.165, 1.54) is 0 Å². The summed E-state index contributed by atoms with van der Waals surface area (Å²) in [7, 11) is 0. The van der Waals surface area contributed by atoms with Gasteiger partial charge in [-0.25, -0.2) is 9.97 Å². The summed E-state index contributed by atoms with van der Waals surface area (Å²) >= 11 is 0. The molecule has 2 N–H and O–H groups in total. The summed E-state index contributed by atoms with van der Waals surface area (Å²) in [5, 5.41) is 12.1. The molecule has 4 heteroatoms. The third-order valence-electron chi connectivity index (χ3n) is 2.13. The van der Waals surface area contributed by atoms with E-state index in [9.17, 15) is 0 Å². The van der Waals surface area contributed by atoms with Crippen LogP contribution in [0.25, 0.3) is 0 Å². The third kappa shape index (κ3) is 3.30. The maximum Gasteiger partial charge on any atom is 0.129 e. The Morgan fingerprint density at radius 2 is 2.29 bits per heavy atom. The number of hydrogen-bond acceptors (Lipinski definition) is 4. The normalized spacial score (nSPS) is 12.5. The van der Waals surface area contributed by atoms with Crippen molar-refractivity contribution in [1.29, 1.82) is 0 Å². The lowest BCUT2D eigenvalue weighted by Crippen LogP contribution is -2.20. The van der Waals surface area contributed by atoms with Crippen molar-refractivity contribution in [2.24, 2.45) is 0 Å². The highest BCUT2D eigenvalue weighted by atomic mass is 16.3. The van der Waals surface area contributed by atoms with E-state index in [0.717, 1.165) is 24.4 Å². The fourth-order valence-corrected chi connectivity index (χ4v) is 1.28. The van der Waals surface area contributed by atoms with Gasteiger partial charge >= 0.3 is 0 Å². The van der Waals surface area contributed by atoms with Crippen molar-refractivity contribution in [2.45, 2.75) is 32.7 Å². The summed E-state index contributed by atoms with van der Waals surface area (Å²) in [4.78, 5) is 8.12. The average molecular weight is 195 g/mol. The predicted octanol–water partition coefficient (Wildman–Crippen LogP) is 1.36. The quantitative estimate of drug-likeness (QED) is 0.744. The second-order valence-corrected chi connectivity index (χ2v) is 3.31. The Morgan fingerprint density at radius 3 is 2.86 bits per heavy atom. The van der Waals surface area contributed by atoms with E-state index < -0.39 is 0 Å². The van der Waals surface area contributed by atoms with Crippen LogP contribution in [-0.4, -0.2) is 27.7 Å². The Morgan fingerprint density at radius 1 is 1.50 bits per heavy atom. The van der Waals surface area contributed by atoms with Crippen LogP contribution in [-0.2, 0) is 0 Å². The van der Waals surface area contributed by atoms with Crippen LogP contribution >= 0.6 is 0 Å². The van der Waals surface area contributed by atoms with E-state index in [2.05, 4.69) is 22.2 Å². The number of aryl methyl sites for hydroxylation is 1. The van der Waals surface area contributed by atoms with Gasteiger partial charge < -0.3 is 10.4 Å². The molecule has 0 aliphatic carbocycles. The number of anilines is 1. The minimum Gasteiger partial charge on any atom is -0.396 e. The monoisotopic (exact) mass is 195 g/mol. The minimum absolute atomic E-state index is 0.204. The molecule has 0 bridgehead atoms. The van der Waals surface area contributed by atoms with Gasteiger partial charge in [-0.05, 0) is 19.8 Å². The van der Waals surface area contributed by atoms with Gasteiger partial charge in [0.25, 0.3) is 0 Å². The number of aliphatic hydroxyl groups is 1. The number of nitrogens with zero attached hydrogens (tertiary/aromatic N) is 2. The fourth-order valence-electron chi connectivity index (χ4n) is 1.28. The summed E-state index contributed by atoms with van der Waals surface area (Å²) < 4.78 is 0. The van der Waals surface area contributed by atoms with Crippen LogP contribution in [0.1, 0.15) is 25.5 Å². The number of nitrogens with one attached hydrogen (secondary N) is 1. The van der Waals surface area contributed by atoms with Crippen molar-refractivity contribution in [3.63, 3.8) is 0 Å². The number of rotatable bonds is 5. The van der Waals surface area contributed by atoms with E-state index >= 15 is 0 Å². The standard InChI is InChI=1S/C10H17N3O/c1-3-9(4-5-14)13-10-6-8(2)11-7-12-10/h6-7,9,14H,3-5H2,1-2H3,(H,11,12,13). The van der Waals surface area contributed by atoms with E-state index in [0.29, 0.717) is 0 Å². The zero-order valence-corrected chi connectivity index (χ0v) is 8.70. The minimum atomic E-state index is 0.204. The van der Waals surface area contributed by atoms with Gasteiger partial charge in [-0.1, -0.05) is 6.92 Å². The molecule has 0 fully saturated rings. The van der Waals surface area contributed by atoms with Crippen LogP contribution in [0, 0.1) is 6.92 Å². The molecule has 0 aromatic carbocycles. The molecule has 0 amide bonds. The van der Waals surface area contributed by atoms with Crippen molar-refractivity contribution in [3.05, 3.63) is 18.1 Å². The van der Waals surface area contributed by atoms with Gasteiger partial charge in [0, 0.05) is 24.4 Å². The van der Waals surface area contributed by atoms with Gasteiger partial charge in [0.15, 0.2) is 0 Å². The first kappa shape index (κ1) is 10.9. The largest absolute Gasteiger partial charge is 0.396 e. The summed E-state index contributed by atoms with van der Waals surface area (Å²) in [5.41, 5.74) is 0.946. The molecular formula is C10H17N3O. The number of hydrogen-bond donors (Lipinski definition) is 2. The molecule has 1 aromatic rings. The highest BCUT2D eigenvalue weighted by Crippen LogP contribution is 2.08. The highest BCUT2D eigenvalue weighted by molar-refractivity contribution is 5.35. The van der Waals surface area contributed by atoms with Gasteiger partial charge in [-0.15, -0.1) is 0 Å². The molecule has 78 valence electrons. The topological polar surface area (TPSA) is 58.0 Å². The number of aromatic nitrogens is 2. The van der Waals surface area contributed by atoms with Crippen LogP contribution in [0.2, 0.25) is 0 Å². The molecular weight excluding hydrogens is 178 g/mol. The van der Waals surface area contributed by atoms with E-state index in [4.69, 9.17) is 5.11 Å². The van der Waals surface area contributed by atoms with Crippen molar-refractivity contribution >= 4 is 5.82 Å². The molecule has 1 rings (SSSR count). The smallest absolute Gasteiger partial charge is 0.129 e. The molecule has 0 saturated carbocycles. The van der Waals surface area contributed by atoms with Crippen LogP contribution in [0.15, 0.2) is 12.4 Å². The van der Waals surface area contributed by atoms with Crippen molar-refractivity contribution in [1.82, 2.24) is 9.97 Å². The highest BCUT2D eigenvalue weighted by Gasteiger charge is 2.05. The van der Waals surface area contributed by atoms with Gasteiger partial charge in [-0.3, -0.25) is 0 Å². The summed E-state index contributed by atoms with van der Waals surface area (Å²) in [6.45, 7) is 4.22. The lowest BCUT2D eigenvalue weighted by Gasteiger charge is -2.16. The van der Waals surface area contributed by atoms with Gasteiger partial charge in [0.2, 0.25) is 0 Å². The molecule has 0 saturated heterocycles. The maximum atomic E-state index is 8.83. The summed E-state index contributed by atoms with van der Waals surface area (Å²) in [6.07, 6.45) is 3.27. The Labute approximate surface area is 84.4 Å². The molecule has 1 aromatic heterocycles. The number of aliphatic hydroxyl groups excluding tert-OH is 1. The average Bonchev–Trinajstić information content (AvgIpc) is 2.17. The van der Waals surface area contributed by atoms with Crippen LogP contribution in [0.3, 0.4) is 0 Å². The van der Waals surface area contributed by atoms with Gasteiger partial charge in [0.1, 0.15) is 12.1 Å². The molecule has 0 aliphatic heterocycles. The van der Waals surface area contributed by atoms with Crippen molar-refractivity contribution < 1.29 is 5.11 Å². The van der Waals surface area contributed by atoms with Crippen LogP contribution in [0.5, 0.6) is 0 Å². The van der Waals surface area contributed by atoms with E-state index in [1.54, 1.807) is 6.33 Å². The molecule has 0 radical (unpaired) electrons. The Bertz CT molecular complexity index is 278. The first-order valence-corrected chi connectivity index (χ1v) is 4.92. The van der Waals surface area contributed by atoms with Crippen LogP contribution in [0.4, 0.5) is 5.82 Å². The Kier molecular flexibility index (Phi) is 4.32. The van der Waals surface area contributed by atoms with E-state index in [-0.39, 0.29) is 12.6 Å². The molecule has 0 aliphatic rings. The molecule has 1 unspecified atom stereocenters. The van der Waals surface area contributed by atoms with Gasteiger partial charge in [0.05, 0.1) is 0 Å². The lowest BCUT2D eigenvalue weighted by atomic mass is 10.1. The molecule has 4 nitrogen and oxygen atoms in total. The molecule has 1 heterocycles. The summed E-state index contributed by atoms with van der Waals surface area (Å²) in [5.74, 6) is 0.831. The Hall–Kier alpha value is -1.16. The van der Waals surface area contributed by atoms with E-state index in [1.807, 2.05) is 13.0 Å². The Balaban J connectivity index is 2.57. The first-order chi connectivity index (χ1) is 6.76.